The highest BCUT2D eigenvalue weighted by Gasteiger charge is 2.68. The van der Waals surface area contributed by atoms with Gasteiger partial charge >= 0.3 is 0 Å². The number of rotatable bonds is 5. The van der Waals surface area contributed by atoms with Gasteiger partial charge in [-0.25, -0.2) is 4.39 Å². The lowest BCUT2D eigenvalue weighted by Gasteiger charge is -2.68. The molecule has 1 amide bonds. The van der Waals surface area contributed by atoms with Crippen LogP contribution in [0, 0.1) is 11.2 Å². The molecular formula is C14H14ClFN2O3. The number of benzene rings is 1. The van der Waals surface area contributed by atoms with Crippen LogP contribution in [0.5, 0.6) is 5.75 Å². The maximum absolute atomic E-state index is 13.2. The molecule has 0 aromatic heterocycles. The van der Waals surface area contributed by atoms with Crippen LogP contribution < -0.4 is 10.1 Å². The number of oxime groups is 1. The number of nitrogens with zero attached hydrogens (tertiary/aromatic N) is 1. The third-order valence-corrected chi connectivity index (χ3v) is 4.38. The summed E-state index contributed by atoms with van der Waals surface area (Å²) in [5.74, 6) is -0.577. The standard InChI is InChI=1S/C14H14ClFN2O3/c15-10-2-1-9(3-11(10)16)21-4-12(19)18-14-5-13(6-14,7-14)8-17-20/h1-3,8,20H,4-7H2,(H,18,19)/b17-8+. The fraction of sp³-hybridized carbons (Fsp3) is 0.429. The smallest absolute Gasteiger partial charge is 0.258 e. The number of carbonyl (C=O) groups excluding carboxylic acids is 1. The number of hydrogen-bond donors (Lipinski definition) is 2. The highest BCUT2D eigenvalue weighted by Crippen LogP contribution is 2.66. The number of amides is 1. The zero-order valence-corrected chi connectivity index (χ0v) is 11.9. The van der Waals surface area contributed by atoms with Crippen molar-refractivity contribution in [1.82, 2.24) is 5.32 Å². The number of hydrogen-bond acceptors (Lipinski definition) is 4. The van der Waals surface area contributed by atoms with Gasteiger partial charge in [-0.2, -0.15) is 0 Å². The first-order valence-corrected chi connectivity index (χ1v) is 6.91. The Hall–Kier alpha value is -1.82. The SMILES string of the molecule is O=C(COc1ccc(Cl)c(F)c1)NC12CC(/C=N/O)(C1)C2. The second kappa shape index (κ2) is 4.87. The van der Waals surface area contributed by atoms with Crippen LogP contribution >= 0.6 is 11.6 Å². The fourth-order valence-electron chi connectivity index (χ4n) is 3.31. The molecule has 0 heterocycles. The molecule has 1 aromatic carbocycles. The average molecular weight is 313 g/mol. The molecule has 7 heteroatoms. The van der Waals surface area contributed by atoms with Crippen molar-refractivity contribution in [2.75, 3.05) is 6.61 Å². The fourth-order valence-corrected chi connectivity index (χ4v) is 3.42. The molecule has 2 N–H and O–H groups in total. The molecule has 3 fully saturated rings. The van der Waals surface area contributed by atoms with Crippen LogP contribution in [-0.4, -0.2) is 29.5 Å². The Balaban J connectivity index is 1.47. The van der Waals surface area contributed by atoms with E-state index in [4.69, 9.17) is 21.5 Å². The second-order valence-corrected chi connectivity index (χ2v) is 6.24. The number of nitrogens with one attached hydrogen (secondary N) is 1. The van der Waals surface area contributed by atoms with Crippen LogP contribution in [0.4, 0.5) is 4.39 Å². The summed E-state index contributed by atoms with van der Waals surface area (Å²) in [4.78, 5) is 11.8. The first-order valence-electron chi connectivity index (χ1n) is 6.53. The lowest BCUT2D eigenvalue weighted by atomic mass is 9.40. The molecule has 3 saturated carbocycles. The Kier molecular flexibility index (Phi) is 3.28. The molecule has 112 valence electrons. The normalized spacial score (nSPS) is 29.6. The Bertz CT molecular complexity index is 600. The van der Waals surface area contributed by atoms with Crippen LogP contribution in [-0.2, 0) is 4.79 Å². The maximum atomic E-state index is 13.2. The first kappa shape index (κ1) is 14.1. The molecule has 21 heavy (non-hydrogen) atoms. The molecule has 0 aliphatic heterocycles. The van der Waals surface area contributed by atoms with Gasteiger partial charge in [-0.1, -0.05) is 11.6 Å². The van der Waals surface area contributed by atoms with Crippen molar-refractivity contribution >= 4 is 23.7 Å². The van der Waals surface area contributed by atoms with Gasteiger partial charge in [0.1, 0.15) is 11.6 Å². The molecule has 3 aliphatic carbocycles. The van der Waals surface area contributed by atoms with E-state index in [-0.39, 0.29) is 34.2 Å². The molecule has 1 aromatic rings. The van der Waals surface area contributed by atoms with Gasteiger partial charge < -0.3 is 15.3 Å². The van der Waals surface area contributed by atoms with E-state index in [0.29, 0.717) is 0 Å². The Labute approximate surface area is 125 Å². The minimum atomic E-state index is -0.584. The summed E-state index contributed by atoms with van der Waals surface area (Å²) >= 11 is 5.56. The summed E-state index contributed by atoms with van der Waals surface area (Å²) in [7, 11) is 0. The summed E-state index contributed by atoms with van der Waals surface area (Å²) < 4.78 is 18.4. The topological polar surface area (TPSA) is 70.9 Å². The predicted octanol–water partition coefficient (Wildman–Crippen LogP) is 2.36. The minimum absolute atomic E-state index is 0.0107. The molecule has 5 nitrogen and oxygen atoms in total. The lowest BCUT2D eigenvalue weighted by molar-refractivity contribution is -0.142. The molecule has 0 atom stereocenters. The number of carbonyl (C=O) groups is 1. The molecule has 0 spiro atoms. The lowest BCUT2D eigenvalue weighted by Crippen LogP contribution is -2.75. The number of ether oxygens (including phenoxy) is 1. The number of halogens is 2. The van der Waals surface area contributed by atoms with Crippen LogP contribution in [0.1, 0.15) is 19.3 Å². The summed E-state index contributed by atoms with van der Waals surface area (Å²) in [5, 5.41) is 14.5. The quantitative estimate of drug-likeness (QED) is 0.498. The Morgan fingerprint density at radius 1 is 1.52 bits per heavy atom. The third kappa shape index (κ3) is 2.55. The van der Waals surface area contributed by atoms with E-state index in [1.807, 2.05) is 0 Å². The van der Waals surface area contributed by atoms with E-state index < -0.39 is 5.82 Å². The van der Waals surface area contributed by atoms with E-state index >= 15 is 0 Å². The van der Waals surface area contributed by atoms with Gasteiger partial charge in [0, 0.05) is 23.2 Å². The summed E-state index contributed by atoms with van der Waals surface area (Å²) in [5.41, 5.74) is -0.227. The van der Waals surface area contributed by atoms with Gasteiger partial charge in [-0.3, -0.25) is 4.79 Å². The monoisotopic (exact) mass is 312 g/mol. The molecule has 3 aliphatic rings. The summed E-state index contributed by atoms with van der Waals surface area (Å²) in [6.45, 7) is -0.177. The van der Waals surface area contributed by atoms with E-state index in [9.17, 15) is 9.18 Å². The van der Waals surface area contributed by atoms with Gasteiger partial charge in [0.05, 0.1) is 5.02 Å². The first-order chi connectivity index (χ1) is 9.96. The average Bonchev–Trinajstić information content (AvgIpc) is 2.36. The molecule has 0 saturated heterocycles. The Morgan fingerprint density at radius 3 is 2.86 bits per heavy atom. The highest BCUT2D eigenvalue weighted by atomic mass is 35.5. The van der Waals surface area contributed by atoms with Crippen molar-refractivity contribution in [3.05, 3.63) is 29.0 Å². The Morgan fingerprint density at radius 2 is 2.24 bits per heavy atom. The van der Waals surface area contributed by atoms with Gasteiger partial charge in [-0.05, 0) is 31.4 Å². The van der Waals surface area contributed by atoms with Crippen molar-refractivity contribution in [1.29, 1.82) is 0 Å². The summed E-state index contributed by atoms with van der Waals surface area (Å²) in [6.07, 6.45) is 3.88. The largest absolute Gasteiger partial charge is 0.484 e. The molecular weight excluding hydrogens is 299 g/mol. The van der Waals surface area contributed by atoms with Crippen LogP contribution in [0.2, 0.25) is 5.02 Å². The van der Waals surface area contributed by atoms with Crippen LogP contribution in [0.15, 0.2) is 23.4 Å². The van der Waals surface area contributed by atoms with E-state index in [1.165, 1.54) is 18.3 Å². The molecule has 0 unspecified atom stereocenters. The van der Waals surface area contributed by atoms with Crippen molar-refractivity contribution in [2.45, 2.75) is 24.8 Å². The van der Waals surface area contributed by atoms with Crippen molar-refractivity contribution in [2.24, 2.45) is 10.6 Å². The second-order valence-electron chi connectivity index (χ2n) is 5.83. The van der Waals surface area contributed by atoms with Crippen molar-refractivity contribution in [3.63, 3.8) is 0 Å². The van der Waals surface area contributed by atoms with Crippen molar-refractivity contribution in [3.8, 4) is 5.75 Å². The molecule has 4 rings (SSSR count). The zero-order chi connectivity index (χ0) is 15.1. The summed E-state index contributed by atoms with van der Waals surface area (Å²) in [6, 6.07) is 4.03. The molecule has 0 radical (unpaired) electrons. The van der Waals surface area contributed by atoms with E-state index in [2.05, 4.69) is 10.5 Å². The van der Waals surface area contributed by atoms with Gasteiger partial charge in [0.2, 0.25) is 0 Å². The third-order valence-electron chi connectivity index (χ3n) is 4.07. The van der Waals surface area contributed by atoms with E-state index in [0.717, 1.165) is 25.3 Å². The predicted molar refractivity (Wildman–Crippen MR) is 74.3 cm³/mol. The van der Waals surface area contributed by atoms with Gasteiger partial charge in [0.25, 0.3) is 5.91 Å². The van der Waals surface area contributed by atoms with Gasteiger partial charge in [-0.15, -0.1) is 5.16 Å². The molecule has 2 bridgehead atoms. The van der Waals surface area contributed by atoms with Crippen LogP contribution in [0.25, 0.3) is 0 Å². The van der Waals surface area contributed by atoms with Gasteiger partial charge in [0.15, 0.2) is 6.61 Å². The maximum Gasteiger partial charge on any atom is 0.258 e. The van der Waals surface area contributed by atoms with Crippen molar-refractivity contribution < 1.29 is 19.1 Å². The highest BCUT2D eigenvalue weighted by molar-refractivity contribution is 6.30. The minimum Gasteiger partial charge on any atom is -0.484 e. The van der Waals surface area contributed by atoms with E-state index in [1.54, 1.807) is 0 Å². The zero-order valence-electron chi connectivity index (χ0n) is 11.1. The van der Waals surface area contributed by atoms with Crippen LogP contribution in [0.3, 0.4) is 0 Å².